The van der Waals surface area contributed by atoms with E-state index in [1.807, 2.05) is 0 Å². The number of aryl methyl sites for hydroxylation is 1. The molecule has 0 amide bonds. The average Bonchev–Trinajstić information content (AvgIpc) is 2.70. The Morgan fingerprint density at radius 1 is 1.03 bits per heavy atom. The Balaban J connectivity index is 1.61. The van der Waals surface area contributed by atoms with Crippen molar-refractivity contribution in [2.24, 2.45) is 7.05 Å². The van der Waals surface area contributed by atoms with E-state index >= 15 is 0 Å². The van der Waals surface area contributed by atoms with Crippen molar-refractivity contribution in [2.45, 2.75) is 24.7 Å². The van der Waals surface area contributed by atoms with Crippen LogP contribution in [0.2, 0.25) is 0 Å². The zero-order valence-corrected chi connectivity index (χ0v) is 16.5. The molecule has 0 saturated heterocycles. The quantitative estimate of drug-likeness (QED) is 0.635. The van der Waals surface area contributed by atoms with Crippen LogP contribution >= 0.6 is 0 Å². The Hall–Kier alpha value is -3.18. The van der Waals surface area contributed by atoms with E-state index in [0.717, 1.165) is 29.7 Å². The van der Waals surface area contributed by atoms with Crippen molar-refractivity contribution < 1.29 is 5.11 Å². The zero-order valence-electron chi connectivity index (χ0n) is 16.5. The molecule has 1 heterocycles. The van der Waals surface area contributed by atoms with Crippen molar-refractivity contribution in [1.29, 1.82) is 0 Å². The van der Waals surface area contributed by atoms with E-state index in [2.05, 4.69) is 65.7 Å². The van der Waals surface area contributed by atoms with Gasteiger partial charge in [-0.3, -0.25) is 9.36 Å². The number of nitrogens with zero attached hydrogens (tertiary/aromatic N) is 2. The lowest BCUT2D eigenvalue weighted by molar-refractivity contribution is 0.288. The topological polar surface area (TPSA) is 81.1 Å². The largest absolute Gasteiger partial charge is 0.396 e. The maximum Gasteiger partial charge on any atom is 0.254 e. The number of anilines is 1. The highest BCUT2D eigenvalue weighted by Crippen LogP contribution is 2.42. The second-order valence-corrected chi connectivity index (χ2v) is 7.53. The lowest BCUT2D eigenvalue weighted by Gasteiger charge is -2.30. The molecule has 0 bridgehead atoms. The van der Waals surface area contributed by atoms with Crippen LogP contribution < -0.4 is 11.3 Å². The van der Waals surface area contributed by atoms with E-state index in [0.29, 0.717) is 0 Å². The number of hydrogen-bond acceptors (Lipinski definition) is 4. The van der Waals surface area contributed by atoms with E-state index < -0.39 is 0 Å². The lowest BCUT2D eigenvalue weighted by atomic mass is 9.75. The molecule has 148 valence electrons. The smallest absolute Gasteiger partial charge is 0.254 e. The summed E-state index contributed by atoms with van der Waals surface area (Å²) in [6, 6.07) is 18.5. The molecule has 0 radical (unpaired) electrons. The highest BCUT2D eigenvalue weighted by atomic mass is 16.2. The van der Waals surface area contributed by atoms with E-state index in [1.165, 1.54) is 15.7 Å². The highest BCUT2D eigenvalue weighted by molar-refractivity contribution is 5.65. The molecule has 1 aromatic heterocycles. The Labute approximate surface area is 170 Å². The molecule has 1 aliphatic carbocycles. The number of nitrogens with two attached hydrogens (primary N) is 1. The number of rotatable bonds is 6. The number of hydrogen-bond donors (Lipinski definition) is 2. The van der Waals surface area contributed by atoms with Crippen molar-refractivity contribution >= 4 is 5.95 Å². The minimum absolute atomic E-state index is 0.0531. The van der Waals surface area contributed by atoms with Crippen molar-refractivity contribution in [3.8, 4) is 11.1 Å². The van der Waals surface area contributed by atoms with E-state index in [9.17, 15) is 4.79 Å². The molecule has 0 spiro atoms. The first kappa shape index (κ1) is 19.2. The van der Waals surface area contributed by atoms with Gasteiger partial charge in [0.1, 0.15) is 0 Å². The molecule has 4 rings (SSSR count). The van der Waals surface area contributed by atoms with Crippen LogP contribution in [0.25, 0.3) is 11.1 Å². The van der Waals surface area contributed by atoms with Crippen molar-refractivity contribution in [1.82, 2.24) is 9.55 Å². The van der Waals surface area contributed by atoms with Gasteiger partial charge in [0.25, 0.3) is 5.56 Å². The normalized spacial score (nSPS) is 17.9. The van der Waals surface area contributed by atoms with Crippen molar-refractivity contribution in [3.63, 3.8) is 0 Å². The van der Waals surface area contributed by atoms with Gasteiger partial charge in [-0.2, -0.15) is 0 Å². The van der Waals surface area contributed by atoms with Gasteiger partial charge in [0.05, 0.1) is 5.69 Å². The zero-order chi connectivity index (χ0) is 20.4. The number of benzene rings is 2. The average molecular weight is 387 g/mol. The first-order valence-electron chi connectivity index (χ1n) is 9.88. The van der Waals surface area contributed by atoms with Crippen molar-refractivity contribution in [2.75, 3.05) is 12.3 Å². The predicted octanol–water partition coefficient (Wildman–Crippen LogP) is 3.39. The second kappa shape index (κ2) is 8.05. The number of aromatic nitrogens is 2. The van der Waals surface area contributed by atoms with Gasteiger partial charge in [-0.05, 0) is 35.1 Å². The van der Waals surface area contributed by atoms with Gasteiger partial charge in [-0.25, -0.2) is 4.98 Å². The molecule has 2 unspecified atom stereocenters. The summed E-state index contributed by atoms with van der Waals surface area (Å²) < 4.78 is 1.35. The number of nitrogen functional groups attached to an aromatic ring is 1. The van der Waals surface area contributed by atoms with Crippen LogP contribution in [0.1, 0.15) is 35.1 Å². The minimum atomic E-state index is -0.139. The fourth-order valence-electron chi connectivity index (χ4n) is 3.80. The monoisotopic (exact) mass is 387 g/mol. The first-order valence-corrected chi connectivity index (χ1v) is 9.88. The summed E-state index contributed by atoms with van der Waals surface area (Å²) in [5, 5.41) is 9.07. The van der Waals surface area contributed by atoms with E-state index in [4.69, 9.17) is 10.8 Å². The molecule has 0 fully saturated rings. The van der Waals surface area contributed by atoms with Crippen LogP contribution in [-0.2, 0) is 13.5 Å². The SMILES string of the molecule is Cn1c(N)nc(C2C=CC2c2cccc(-c3cccc(CCCO)c3)c2)cc1=O. The molecule has 2 aromatic carbocycles. The summed E-state index contributed by atoms with van der Waals surface area (Å²) in [6.07, 6.45) is 5.86. The Morgan fingerprint density at radius 3 is 2.45 bits per heavy atom. The molecule has 2 atom stereocenters. The van der Waals surface area contributed by atoms with Gasteiger partial charge in [0.2, 0.25) is 5.95 Å². The number of aliphatic hydroxyl groups is 1. The molecule has 0 aliphatic heterocycles. The van der Waals surface area contributed by atoms with E-state index in [1.54, 1.807) is 13.1 Å². The van der Waals surface area contributed by atoms with Crippen LogP contribution in [0, 0.1) is 0 Å². The van der Waals surface area contributed by atoms with Crippen LogP contribution in [0.5, 0.6) is 0 Å². The molecule has 3 aromatic rings. The van der Waals surface area contributed by atoms with E-state index in [-0.39, 0.29) is 30.0 Å². The molecular weight excluding hydrogens is 362 g/mol. The van der Waals surface area contributed by atoms with Crippen molar-refractivity contribution in [3.05, 3.63) is 93.9 Å². The molecule has 3 N–H and O–H groups in total. The van der Waals surface area contributed by atoms with Gasteiger partial charge in [0, 0.05) is 31.6 Å². The standard InChI is InChI=1S/C24H25N3O2/c1-27-23(29)15-22(26-24(27)25)21-11-10-20(21)19-9-3-8-18(14-19)17-7-2-5-16(13-17)6-4-12-28/h2-3,5,7-11,13-15,20-21,28H,4,6,12H2,1H3,(H2,25,26). The maximum atomic E-state index is 12.1. The molecular formula is C24H25N3O2. The fourth-order valence-corrected chi connectivity index (χ4v) is 3.80. The van der Waals surface area contributed by atoms with Gasteiger partial charge >= 0.3 is 0 Å². The third-order valence-electron chi connectivity index (χ3n) is 5.60. The van der Waals surface area contributed by atoms with Gasteiger partial charge in [-0.1, -0.05) is 60.7 Å². The second-order valence-electron chi connectivity index (χ2n) is 7.53. The molecule has 29 heavy (non-hydrogen) atoms. The number of aliphatic hydroxyl groups excluding tert-OH is 1. The lowest BCUT2D eigenvalue weighted by Crippen LogP contribution is -2.25. The van der Waals surface area contributed by atoms with Crippen LogP contribution in [0.3, 0.4) is 0 Å². The van der Waals surface area contributed by atoms with Gasteiger partial charge in [-0.15, -0.1) is 0 Å². The summed E-state index contributed by atoms with van der Waals surface area (Å²) in [5.41, 5.74) is 11.2. The molecule has 1 aliphatic rings. The third kappa shape index (κ3) is 3.87. The molecule has 0 saturated carbocycles. The summed E-state index contributed by atoms with van der Waals surface area (Å²) >= 11 is 0. The highest BCUT2D eigenvalue weighted by Gasteiger charge is 2.29. The van der Waals surface area contributed by atoms with Crippen LogP contribution in [0.4, 0.5) is 5.95 Å². The summed E-state index contributed by atoms with van der Waals surface area (Å²) in [4.78, 5) is 16.5. The predicted molar refractivity (Wildman–Crippen MR) is 116 cm³/mol. The number of allylic oxidation sites excluding steroid dienone is 2. The van der Waals surface area contributed by atoms with Crippen LogP contribution in [-0.4, -0.2) is 21.3 Å². The van der Waals surface area contributed by atoms with Crippen LogP contribution in [0.15, 0.2) is 71.5 Å². The maximum absolute atomic E-state index is 12.1. The van der Waals surface area contributed by atoms with Gasteiger partial charge in [0.15, 0.2) is 0 Å². The molecule has 5 nitrogen and oxygen atoms in total. The Kier molecular flexibility index (Phi) is 5.32. The minimum Gasteiger partial charge on any atom is -0.396 e. The summed E-state index contributed by atoms with van der Waals surface area (Å²) in [6.45, 7) is 0.205. The first-order chi connectivity index (χ1) is 14.1. The third-order valence-corrected chi connectivity index (χ3v) is 5.60. The summed E-state index contributed by atoms with van der Waals surface area (Å²) in [5.74, 6) is 0.462. The molecule has 5 heteroatoms. The Bertz CT molecular complexity index is 1120. The Morgan fingerprint density at radius 2 is 1.76 bits per heavy atom. The fraction of sp³-hybridized carbons (Fsp3) is 0.250. The van der Waals surface area contributed by atoms with Gasteiger partial charge < -0.3 is 10.8 Å². The summed E-state index contributed by atoms with van der Waals surface area (Å²) in [7, 11) is 1.63.